The Morgan fingerprint density at radius 2 is 1.90 bits per heavy atom. The van der Waals surface area contributed by atoms with E-state index in [0.717, 1.165) is 24.1 Å². The molecule has 1 amide bonds. The second-order valence-electron chi connectivity index (χ2n) is 6.26. The summed E-state index contributed by atoms with van der Waals surface area (Å²) in [4.78, 5) is 12.1. The lowest BCUT2D eigenvalue weighted by atomic mass is 9.84. The number of hydrogen-bond acceptors (Lipinski definition) is 1. The SMILES string of the molecule is C[C@H](NC(=O)c1cc(F)cc(F)c1)[C@H]1C[C@H]2CC[C@H]1C2. The molecule has 2 fully saturated rings. The van der Waals surface area contributed by atoms with Gasteiger partial charge in [-0.3, -0.25) is 4.79 Å². The summed E-state index contributed by atoms with van der Waals surface area (Å²) in [5.74, 6) is 0.204. The molecule has 0 unspecified atom stereocenters. The molecule has 20 heavy (non-hydrogen) atoms. The van der Waals surface area contributed by atoms with E-state index < -0.39 is 17.5 Å². The Morgan fingerprint density at radius 1 is 1.20 bits per heavy atom. The Balaban J connectivity index is 1.66. The summed E-state index contributed by atoms with van der Waals surface area (Å²) >= 11 is 0. The minimum absolute atomic E-state index is 0.0532. The van der Waals surface area contributed by atoms with Crippen LogP contribution in [-0.4, -0.2) is 11.9 Å². The topological polar surface area (TPSA) is 29.1 Å². The lowest BCUT2D eigenvalue weighted by Crippen LogP contribution is -2.40. The van der Waals surface area contributed by atoms with Crippen molar-refractivity contribution in [3.8, 4) is 0 Å². The van der Waals surface area contributed by atoms with E-state index in [1.807, 2.05) is 6.92 Å². The fraction of sp³-hybridized carbons (Fsp3) is 0.562. The van der Waals surface area contributed by atoms with Gasteiger partial charge in [-0.05, 0) is 56.1 Å². The van der Waals surface area contributed by atoms with Gasteiger partial charge in [-0.1, -0.05) is 6.42 Å². The lowest BCUT2D eigenvalue weighted by Gasteiger charge is -2.28. The summed E-state index contributed by atoms with van der Waals surface area (Å²) in [6.07, 6.45) is 5.02. The third-order valence-corrected chi connectivity index (χ3v) is 4.92. The Bertz CT molecular complexity index is 511. The van der Waals surface area contributed by atoms with Crippen LogP contribution in [0.1, 0.15) is 43.0 Å². The smallest absolute Gasteiger partial charge is 0.251 e. The Labute approximate surface area is 117 Å². The van der Waals surface area contributed by atoms with E-state index in [9.17, 15) is 13.6 Å². The Kier molecular flexibility index (Phi) is 3.48. The van der Waals surface area contributed by atoms with E-state index in [1.165, 1.54) is 25.7 Å². The van der Waals surface area contributed by atoms with E-state index in [0.29, 0.717) is 11.8 Å². The maximum atomic E-state index is 13.1. The lowest BCUT2D eigenvalue weighted by molar-refractivity contribution is 0.0914. The maximum absolute atomic E-state index is 13.1. The minimum atomic E-state index is -0.720. The number of rotatable bonds is 3. The molecule has 0 heterocycles. The molecule has 2 nitrogen and oxygen atoms in total. The maximum Gasteiger partial charge on any atom is 0.251 e. The standard InChI is InChI=1S/C16H19F2NO/c1-9(15-5-10-2-3-11(15)4-10)19-16(20)12-6-13(17)8-14(18)7-12/h6-11,15H,2-5H2,1H3,(H,19,20)/t9-,10-,11-,15+/m0/s1. The molecule has 0 saturated heterocycles. The third kappa shape index (κ3) is 2.56. The van der Waals surface area contributed by atoms with Crippen LogP contribution in [0.25, 0.3) is 0 Å². The van der Waals surface area contributed by atoms with E-state index in [2.05, 4.69) is 5.32 Å². The van der Waals surface area contributed by atoms with Crippen LogP contribution < -0.4 is 5.32 Å². The van der Waals surface area contributed by atoms with Gasteiger partial charge in [0.1, 0.15) is 11.6 Å². The van der Waals surface area contributed by atoms with Gasteiger partial charge in [-0.2, -0.15) is 0 Å². The molecule has 1 N–H and O–H groups in total. The van der Waals surface area contributed by atoms with E-state index in [-0.39, 0.29) is 11.6 Å². The van der Waals surface area contributed by atoms with Gasteiger partial charge in [0, 0.05) is 17.7 Å². The fourth-order valence-corrected chi connectivity index (χ4v) is 3.99. The summed E-state index contributed by atoms with van der Waals surface area (Å²) in [7, 11) is 0. The molecule has 2 bridgehead atoms. The zero-order chi connectivity index (χ0) is 14.3. The third-order valence-electron chi connectivity index (χ3n) is 4.92. The van der Waals surface area contributed by atoms with Crippen molar-refractivity contribution >= 4 is 5.91 Å². The van der Waals surface area contributed by atoms with Crippen molar-refractivity contribution in [2.24, 2.45) is 17.8 Å². The molecule has 108 valence electrons. The second-order valence-corrected chi connectivity index (χ2v) is 6.26. The Hall–Kier alpha value is -1.45. The predicted molar refractivity (Wildman–Crippen MR) is 72.2 cm³/mol. The zero-order valence-electron chi connectivity index (χ0n) is 11.5. The molecule has 0 aromatic heterocycles. The summed E-state index contributed by atoms with van der Waals surface area (Å²) in [5, 5.41) is 2.91. The van der Waals surface area contributed by atoms with Crippen molar-refractivity contribution < 1.29 is 13.6 Å². The second kappa shape index (κ2) is 5.15. The van der Waals surface area contributed by atoms with Gasteiger partial charge in [-0.15, -0.1) is 0 Å². The summed E-state index contributed by atoms with van der Waals surface area (Å²) < 4.78 is 26.3. The first-order valence-electron chi connectivity index (χ1n) is 7.30. The number of carbonyl (C=O) groups excluding carboxylic acids is 1. The summed E-state index contributed by atoms with van der Waals surface area (Å²) in [5.41, 5.74) is 0.0532. The van der Waals surface area contributed by atoms with E-state index in [4.69, 9.17) is 0 Å². The number of nitrogens with one attached hydrogen (secondary N) is 1. The van der Waals surface area contributed by atoms with Crippen LogP contribution in [0, 0.1) is 29.4 Å². The number of halogens is 2. The van der Waals surface area contributed by atoms with Crippen LogP contribution in [0.2, 0.25) is 0 Å². The molecule has 2 aliphatic carbocycles. The predicted octanol–water partition coefficient (Wildman–Crippen LogP) is 3.52. The molecule has 2 aliphatic rings. The number of carbonyl (C=O) groups is 1. The summed E-state index contributed by atoms with van der Waals surface area (Å²) in [6, 6.07) is 2.98. The number of hydrogen-bond donors (Lipinski definition) is 1. The molecule has 0 aliphatic heterocycles. The fourth-order valence-electron chi connectivity index (χ4n) is 3.99. The molecule has 1 aromatic rings. The number of fused-ring (bicyclic) bond motifs is 2. The number of amides is 1. The average Bonchev–Trinajstić information content (AvgIpc) is 2.99. The quantitative estimate of drug-likeness (QED) is 0.901. The van der Waals surface area contributed by atoms with Crippen LogP contribution in [-0.2, 0) is 0 Å². The van der Waals surface area contributed by atoms with Gasteiger partial charge in [-0.25, -0.2) is 8.78 Å². The van der Waals surface area contributed by atoms with Gasteiger partial charge >= 0.3 is 0 Å². The molecule has 3 rings (SSSR count). The van der Waals surface area contributed by atoms with Crippen LogP contribution in [0.5, 0.6) is 0 Å². The molecular formula is C16H19F2NO. The average molecular weight is 279 g/mol. The molecular weight excluding hydrogens is 260 g/mol. The van der Waals surface area contributed by atoms with Crippen molar-refractivity contribution in [3.63, 3.8) is 0 Å². The largest absolute Gasteiger partial charge is 0.349 e. The van der Waals surface area contributed by atoms with Crippen LogP contribution in [0.4, 0.5) is 8.78 Å². The van der Waals surface area contributed by atoms with Crippen LogP contribution >= 0.6 is 0 Å². The first-order valence-corrected chi connectivity index (χ1v) is 7.30. The summed E-state index contributed by atoms with van der Waals surface area (Å²) in [6.45, 7) is 2.00. The van der Waals surface area contributed by atoms with Gasteiger partial charge in [0.15, 0.2) is 0 Å². The highest BCUT2D eigenvalue weighted by Gasteiger charge is 2.42. The van der Waals surface area contributed by atoms with Crippen LogP contribution in [0.15, 0.2) is 18.2 Å². The van der Waals surface area contributed by atoms with Gasteiger partial charge in [0.25, 0.3) is 5.91 Å². The van der Waals surface area contributed by atoms with Crippen molar-refractivity contribution in [2.45, 2.75) is 38.6 Å². The van der Waals surface area contributed by atoms with Gasteiger partial charge < -0.3 is 5.32 Å². The van der Waals surface area contributed by atoms with Crippen LogP contribution in [0.3, 0.4) is 0 Å². The van der Waals surface area contributed by atoms with Crippen molar-refractivity contribution in [2.75, 3.05) is 0 Å². The highest BCUT2D eigenvalue weighted by molar-refractivity contribution is 5.94. The van der Waals surface area contributed by atoms with E-state index in [1.54, 1.807) is 0 Å². The monoisotopic (exact) mass is 279 g/mol. The van der Waals surface area contributed by atoms with Crippen molar-refractivity contribution in [1.82, 2.24) is 5.32 Å². The van der Waals surface area contributed by atoms with E-state index >= 15 is 0 Å². The zero-order valence-corrected chi connectivity index (χ0v) is 11.5. The highest BCUT2D eigenvalue weighted by atomic mass is 19.1. The highest BCUT2D eigenvalue weighted by Crippen LogP contribution is 2.49. The molecule has 0 radical (unpaired) electrons. The van der Waals surface area contributed by atoms with Gasteiger partial charge in [0.05, 0.1) is 0 Å². The molecule has 2 saturated carbocycles. The molecule has 0 spiro atoms. The molecule has 4 atom stereocenters. The Morgan fingerprint density at radius 3 is 2.45 bits per heavy atom. The first-order chi connectivity index (χ1) is 9.52. The first kappa shape index (κ1) is 13.5. The van der Waals surface area contributed by atoms with Gasteiger partial charge in [0.2, 0.25) is 0 Å². The number of benzene rings is 1. The molecule has 4 heteroatoms. The van der Waals surface area contributed by atoms with Crippen molar-refractivity contribution in [3.05, 3.63) is 35.4 Å². The normalized spacial score (nSPS) is 29.4. The minimum Gasteiger partial charge on any atom is -0.349 e. The van der Waals surface area contributed by atoms with Crippen molar-refractivity contribution in [1.29, 1.82) is 0 Å². The molecule has 1 aromatic carbocycles.